The molecule has 5 heteroatoms. The smallest absolute Gasteiger partial charge is 0.242 e. The molecule has 1 aliphatic carbocycles. The van der Waals surface area contributed by atoms with E-state index >= 15 is 0 Å². The lowest BCUT2D eigenvalue weighted by molar-refractivity contribution is -0.140. The second-order valence-electron chi connectivity index (χ2n) is 8.30. The Bertz CT molecular complexity index is 860. The third kappa shape index (κ3) is 6.33. The maximum atomic E-state index is 13.2. The van der Waals surface area contributed by atoms with E-state index in [0.29, 0.717) is 24.4 Å². The molecule has 0 aliphatic heterocycles. The molecule has 2 aromatic rings. The van der Waals surface area contributed by atoms with Gasteiger partial charge in [-0.05, 0) is 56.4 Å². The first-order valence-electron chi connectivity index (χ1n) is 10.8. The van der Waals surface area contributed by atoms with Crippen molar-refractivity contribution in [2.75, 3.05) is 0 Å². The molecule has 0 aromatic heterocycles. The van der Waals surface area contributed by atoms with Gasteiger partial charge in [-0.15, -0.1) is 0 Å². The van der Waals surface area contributed by atoms with Gasteiger partial charge in [0.05, 0.1) is 0 Å². The number of carbonyl (C=O) groups is 2. The van der Waals surface area contributed by atoms with Gasteiger partial charge in [-0.2, -0.15) is 0 Å². The first kappa shape index (κ1) is 22.4. The number of amides is 2. The van der Waals surface area contributed by atoms with Crippen LogP contribution in [0.2, 0.25) is 5.02 Å². The summed E-state index contributed by atoms with van der Waals surface area (Å²) in [4.78, 5) is 27.7. The van der Waals surface area contributed by atoms with Crippen LogP contribution in [0, 0.1) is 6.92 Å². The van der Waals surface area contributed by atoms with E-state index in [1.807, 2.05) is 38.1 Å². The fraction of sp³-hybridized carbons (Fsp3) is 0.440. The van der Waals surface area contributed by atoms with E-state index in [1.165, 1.54) is 5.56 Å². The van der Waals surface area contributed by atoms with E-state index in [0.717, 1.165) is 36.8 Å². The number of hydrogen-bond donors (Lipinski definition) is 1. The molecule has 0 radical (unpaired) electrons. The van der Waals surface area contributed by atoms with Gasteiger partial charge in [0.2, 0.25) is 11.8 Å². The van der Waals surface area contributed by atoms with E-state index < -0.39 is 6.04 Å². The Kier molecular flexibility index (Phi) is 7.92. The van der Waals surface area contributed by atoms with E-state index in [4.69, 9.17) is 11.6 Å². The first-order valence-corrected chi connectivity index (χ1v) is 11.2. The lowest BCUT2D eigenvalue weighted by atomic mass is 10.1. The zero-order valence-electron chi connectivity index (χ0n) is 17.9. The summed E-state index contributed by atoms with van der Waals surface area (Å²) in [7, 11) is 0. The molecule has 2 aromatic carbocycles. The van der Waals surface area contributed by atoms with E-state index in [9.17, 15) is 9.59 Å². The fourth-order valence-corrected chi connectivity index (χ4v) is 4.17. The summed E-state index contributed by atoms with van der Waals surface area (Å²) in [5.74, 6) is -0.0998. The molecule has 1 unspecified atom stereocenters. The Morgan fingerprint density at radius 1 is 1.10 bits per heavy atom. The average molecular weight is 427 g/mol. The topological polar surface area (TPSA) is 49.4 Å². The lowest BCUT2D eigenvalue weighted by Crippen LogP contribution is -2.49. The van der Waals surface area contributed by atoms with Crippen molar-refractivity contribution in [2.24, 2.45) is 0 Å². The van der Waals surface area contributed by atoms with Crippen molar-refractivity contribution in [1.29, 1.82) is 0 Å². The predicted molar refractivity (Wildman–Crippen MR) is 121 cm³/mol. The number of nitrogens with one attached hydrogen (secondary N) is 1. The molecule has 0 spiro atoms. The minimum atomic E-state index is -0.532. The number of nitrogens with zero attached hydrogens (tertiary/aromatic N) is 1. The highest BCUT2D eigenvalue weighted by atomic mass is 35.5. The summed E-state index contributed by atoms with van der Waals surface area (Å²) in [6.07, 6.45) is 5.37. The van der Waals surface area contributed by atoms with Crippen molar-refractivity contribution >= 4 is 23.4 Å². The lowest BCUT2D eigenvalue weighted by Gasteiger charge is -2.30. The van der Waals surface area contributed by atoms with Crippen molar-refractivity contribution in [3.8, 4) is 0 Å². The first-order chi connectivity index (χ1) is 14.4. The predicted octanol–water partition coefficient (Wildman–Crippen LogP) is 5.06. The van der Waals surface area contributed by atoms with Gasteiger partial charge in [-0.1, -0.05) is 66.4 Å². The van der Waals surface area contributed by atoms with Gasteiger partial charge in [0.1, 0.15) is 6.04 Å². The molecule has 4 nitrogen and oxygen atoms in total. The standard InChI is InChI=1S/C25H31ClN2O2/c1-18-10-12-20(13-11-18)14-15-24(29)28(17-21-6-5-7-22(26)16-21)19(2)25(30)27-23-8-3-4-9-23/h5-7,10-13,16,19,23H,3-4,8-9,14-15,17H2,1-2H3,(H,27,30). The van der Waals surface area contributed by atoms with Crippen molar-refractivity contribution in [2.45, 2.75) is 71.0 Å². The van der Waals surface area contributed by atoms with Crippen LogP contribution in [0.1, 0.15) is 55.7 Å². The molecule has 3 rings (SSSR count). The van der Waals surface area contributed by atoms with E-state index in [-0.39, 0.29) is 17.9 Å². The molecule has 0 heterocycles. The number of rotatable bonds is 8. The average Bonchev–Trinajstić information content (AvgIpc) is 3.24. The van der Waals surface area contributed by atoms with Crippen LogP contribution in [0.25, 0.3) is 0 Å². The minimum absolute atomic E-state index is 0.0235. The Morgan fingerprint density at radius 3 is 2.47 bits per heavy atom. The summed E-state index contributed by atoms with van der Waals surface area (Å²) in [5.41, 5.74) is 3.25. The van der Waals surface area contributed by atoms with Crippen molar-refractivity contribution in [3.63, 3.8) is 0 Å². The van der Waals surface area contributed by atoms with Gasteiger partial charge in [0.25, 0.3) is 0 Å². The van der Waals surface area contributed by atoms with Crippen LogP contribution < -0.4 is 5.32 Å². The summed E-state index contributed by atoms with van der Waals surface area (Å²) >= 11 is 6.13. The highest BCUT2D eigenvalue weighted by Gasteiger charge is 2.28. The molecule has 0 saturated heterocycles. The van der Waals surface area contributed by atoms with Crippen molar-refractivity contribution < 1.29 is 9.59 Å². The summed E-state index contributed by atoms with van der Waals surface area (Å²) < 4.78 is 0. The largest absolute Gasteiger partial charge is 0.352 e. The Morgan fingerprint density at radius 2 is 1.80 bits per heavy atom. The van der Waals surface area contributed by atoms with Gasteiger partial charge < -0.3 is 10.2 Å². The van der Waals surface area contributed by atoms with Crippen LogP contribution in [0.5, 0.6) is 0 Å². The Hall–Kier alpha value is -2.33. The normalized spacial score (nSPS) is 15.0. The fourth-order valence-electron chi connectivity index (χ4n) is 3.96. The van der Waals surface area contributed by atoms with Crippen LogP contribution in [0.15, 0.2) is 48.5 Å². The molecule has 2 amide bonds. The molecule has 160 valence electrons. The van der Waals surface area contributed by atoms with Crippen LogP contribution in [0.4, 0.5) is 0 Å². The van der Waals surface area contributed by atoms with Gasteiger partial charge in [-0.25, -0.2) is 0 Å². The van der Waals surface area contributed by atoms with Gasteiger partial charge in [0, 0.05) is 24.0 Å². The SMILES string of the molecule is Cc1ccc(CCC(=O)N(Cc2cccc(Cl)c2)C(C)C(=O)NC2CCCC2)cc1. The Balaban J connectivity index is 1.70. The summed E-state index contributed by atoms with van der Waals surface area (Å²) in [6, 6.07) is 15.4. The van der Waals surface area contributed by atoms with Crippen LogP contribution in [-0.4, -0.2) is 28.8 Å². The molecule has 1 fully saturated rings. The zero-order chi connectivity index (χ0) is 21.5. The van der Waals surface area contributed by atoms with Gasteiger partial charge >= 0.3 is 0 Å². The van der Waals surface area contributed by atoms with E-state index in [1.54, 1.807) is 4.90 Å². The third-order valence-corrected chi connectivity index (χ3v) is 6.09. The molecule has 1 aliphatic rings. The minimum Gasteiger partial charge on any atom is -0.352 e. The van der Waals surface area contributed by atoms with E-state index in [2.05, 4.69) is 29.6 Å². The molecule has 30 heavy (non-hydrogen) atoms. The summed E-state index contributed by atoms with van der Waals surface area (Å²) in [6.45, 7) is 4.23. The highest BCUT2D eigenvalue weighted by molar-refractivity contribution is 6.30. The molecular formula is C25H31ClN2O2. The highest BCUT2D eigenvalue weighted by Crippen LogP contribution is 2.20. The van der Waals surface area contributed by atoms with Gasteiger partial charge in [-0.3, -0.25) is 9.59 Å². The third-order valence-electron chi connectivity index (χ3n) is 5.86. The number of aryl methyl sites for hydroxylation is 2. The number of carbonyl (C=O) groups excluding carboxylic acids is 2. The quantitative estimate of drug-likeness (QED) is 0.641. The number of hydrogen-bond acceptors (Lipinski definition) is 2. The molecule has 1 atom stereocenters. The molecule has 0 bridgehead atoms. The monoisotopic (exact) mass is 426 g/mol. The maximum Gasteiger partial charge on any atom is 0.242 e. The van der Waals surface area contributed by atoms with Crippen molar-refractivity contribution in [3.05, 3.63) is 70.2 Å². The molecule has 1 saturated carbocycles. The maximum absolute atomic E-state index is 13.2. The van der Waals surface area contributed by atoms with Crippen LogP contribution >= 0.6 is 11.6 Å². The van der Waals surface area contributed by atoms with Crippen LogP contribution in [0.3, 0.4) is 0 Å². The second-order valence-corrected chi connectivity index (χ2v) is 8.74. The molecule has 1 N–H and O–H groups in total. The van der Waals surface area contributed by atoms with Crippen molar-refractivity contribution in [1.82, 2.24) is 10.2 Å². The van der Waals surface area contributed by atoms with Gasteiger partial charge in [0.15, 0.2) is 0 Å². The Labute approximate surface area is 184 Å². The number of benzene rings is 2. The second kappa shape index (κ2) is 10.6. The molecular weight excluding hydrogens is 396 g/mol. The number of halogens is 1. The summed E-state index contributed by atoms with van der Waals surface area (Å²) in [5, 5.41) is 3.76. The zero-order valence-corrected chi connectivity index (χ0v) is 18.6. The van der Waals surface area contributed by atoms with Crippen LogP contribution in [-0.2, 0) is 22.6 Å².